The first-order chi connectivity index (χ1) is 4.43. The van der Waals surface area contributed by atoms with E-state index in [4.69, 9.17) is 0 Å². The Morgan fingerprint density at radius 1 is 1.78 bits per heavy atom. The van der Waals surface area contributed by atoms with Gasteiger partial charge in [0.25, 0.3) is 0 Å². The number of aldehydes is 1. The molecule has 0 aliphatic carbocycles. The van der Waals surface area contributed by atoms with Crippen molar-refractivity contribution in [3.8, 4) is 0 Å². The second-order valence-electron chi connectivity index (χ2n) is 1.77. The molecule has 1 aliphatic heterocycles. The molecule has 0 fully saturated rings. The van der Waals surface area contributed by atoms with Crippen LogP contribution in [0.15, 0.2) is 22.5 Å². The molecule has 2 heteroatoms. The fraction of sp³-hybridized carbons (Fsp3) is 0.286. The average molecular weight is 140 g/mol. The van der Waals surface area contributed by atoms with Crippen molar-refractivity contribution in [1.82, 2.24) is 0 Å². The van der Waals surface area contributed by atoms with E-state index >= 15 is 0 Å². The molecule has 0 unspecified atom stereocenters. The van der Waals surface area contributed by atoms with Crippen molar-refractivity contribution in [3.05, 3.63) is 22.5 Å². The SMILES string of the molecule is O=CCC1=CCC=CS1. The van der Waals surface area contributed by atoms with E-state index in [1.165, 1.54) is 4.91 Å². The Kier molecular flexibility index (Phi) is 2.58. The molecule has 0 saturated carbocycles. The van der Waals surface area contributed by atoms with Crippen LogP contribution >= 0.6 is 11.8 Å². The van der Waals surface area contributed by atoms with E-state index in [1.54, 1.807) is 11.8 Å². The number of rotatable bonds is 2. The average Bonchev–Trinajstić information content (AvgIpc) is 1.91. The Morgan fingerprint density at radius 3 is 3.22 bits per heavy atom. The third kappa shape index (κ3) is 2.06. The third-order valence-electron chi connectivity index (χ3n) is 1.08. The number of hydrogen-bond acceptors (Lipinski definition) is 2. The summed E-state index contributed by atoms with van der Waals surface area (Å²) in [6.45, 7) is 0. The minimum Gasteiger partial charge on any atom is -0.303 e. The quantitative estimate of drug-likeness (QED) is 0.546. The minimum atomic E-state index is 0.578. The summed E-state index contributed by atoms with van der Waals surface area (Å²) in [5.74, 6) is 0. The zero-order valence-corrected chi connectivity index (χ0v) is 5.86. The molecule has 0 aromatic rings. The maximum absolute atomic E-state index is 9.99. The molecule has 0 N–H and O–H groups in total. The topological polar surface area (TPSA) is 17.1 Å². The van der Waals surface area contributed by atoms with E-state index in [1.807, 2.05) is 5.41 Å². The van der Waals surface area contributed by atoms with Crippen molar-refractivity contribution >= 4 is 18.0 Å². The Bertz CT molecular complexity index is 154. The number of carbonyl (C=O) groups is 1. The van der Waals surface area contributed by atoms with Gasteiger partial charge in [-0.15, -0.1) is 11.8 Å². The molecule has 48 valence electrons. The van der Waals surface area contributed by atoms with Crippen molar-refractivity contribution in [2.75, 3.05) is 0 Å². The van der Waals surface area contributed by atoms with Crippen molar-refractivity contribution in [3.63, 3.8) is 0 Å². The number of hydrogen-bond donors (Lipinski definition) is 0. The molecular formula is C7H8OS. The molecular weight excluding hydrogens is 132 g/mol. The standard InChI is InChI=1S/C7H8OS/c8-5-4-7-3-1-2-6-9-7/h2-3,5-6H,1,4H2. The van der Waals surface area contributed by atoms with Gasteiger partial charge in [0.15, 0.2) is 0 Å². The van der Waals surface area contributed by atoms with Crippen LogP contribution in [0.4, 0.5) is 0 Å². The maximum atomic E-state index is 9.99. The first-order valence-corrected chi connectivity index (χ1v) is 3.76. The Hall–Kier alpha value is -0.500. The second kappa shape index (κ2) is 3.51. The van der Waals surface area contributed by atoms with Gasteiger partial charge in [-0.2, -0.15) is 0 Å². The lowest BCUT2D eigenvalue weighted by Crippen LogP contribution is -1.80. The molecule has 1 heterocycles. The summed E-state index contributed by atoms with van der Waals surface area (Å²) in [5, 5.41) is 2.03. The molecule has 9 heavy (non-hydrogen) atoms. The molecule has 0 aromatic heterocycles. The smallest absolute Gasteiger partial charge is 0.124 e. The van der Waals surface area contributed by atoms with Crippen LogP contribution < -0.4 is 0 Å². The Labute approximate surface area is 58.8 Å². The third-order valence-corrected chi connectivity index (χ3v) is 2.05. The lowest BCUT2D eigenvalue weighted by Gasteiger charge is -2.01. The molecule has 0 spiro atoms. The highest BCUT2D eigenvalue weighted by Gasteiger charge is 1.96. The number of allylic oxidation sites excluding steroid dienone is 3. The van der Waals surface area contributed by atoms with Crippen molar-refractivity contribution < 1.29 is 4.79 Å². The van der Waals surface area contributed by atoms with Gasteiger partial charge in [0.1, 0.15) is 6.29 Å². The van der Waals surface area contributed by atoms with E-state index in [2.05, 4.69) is 12.2 Å². The minimum absolute atomic E-state index is 0.578. The highest BCUT2D eigenvalue weighted by Crippen LogP contribution is 2.23. The zero-order valence-electron chi connectivity index (χ0n) is 5.04. The van der Waals surface area contributed by atoms with Gasteiger partial charge in [-0.25, -0.2) is 0 Å². The molecule has 0 radical (unpaired) electrons. The van der Waals surface area contributed by atoms with Crippen LogP contribution in [0.5, 0.6) is 0 Å². The molecule has 1 aliphatic rings. The molecule has 0 bridgehead atoms. The predicted molar refractivity (Wildman–Crippen MR) is 40.1 cm³/mol. The molecule has 0 saturated heterocycles. The summed E-state index contributed by atoms with van der Waals surface area (Å²) in [4.78, 5) is 11.2. The van der Waals surface area contributed by atoms with E-state index in [9.17, 15) is 4.79 Å². The normalized spacial score (nSPS) is 17.1. The van der Waals surface area contributed by atoms with E-state index in [0.717, 1.165) is 12.7 Å². The van der Waals surface area contributed by atoms with Crippen LogP contribution in [0, 0.1) is 0 Å². The van der Waals surface area contributed by atoms with Gasteiger partial charge in [-0.05, 0) is 16.7 Å². The van der Waals surface area contributed by atoms with Crippen molar-refractivity contribution in [2.24, 2.45) is 0 Å². The summed E-state index contributed by atoms with van der Waals surface area (Å²) >= 11 is 1.64. The van der Waals surface area contributed by atoms with Crippen LogP contribution in [0.2, 0.25) is 0 Å². The largest absolute Gasteiger partial charge is 0.303 e. The van der Waals surface area contributed by atoms with Gasteiger partial charge >= 0.3 is 0 Å². The first-order valence-electron chi connectivity index (χ1n) is 2.88. The number of thioether (sulfide) groups is 1. The summed E-state index contributed by atoms with van der Waals surface area (Å²) in [6, 6.07) is 0. The van der Waals surface area contributed by atoms with Crippen LogP contribution in [0.1, 0.15) is 12.8 Å². The molecule has 0 amide bonds. The fourth-order valence-corrected chi connectivity index (χ4v) is 1.39. The zero-order chi connectivity index (χ0) is 6.53. The van der Waals surface area contributed by atoms with Gasteiger partial charge in [-0.3, -0.25) is 0 Å². The van der Waals surface area contributed by atoms with Gasteiger partial charge < -0.3 is 4.79 Å². The highest BCUT2D eigenvalue weighted by atomic mass is 32.2. The Morgan fingerprint density at radius 2 is 2.67 bits per heavy atom. The predicted octanol–water partition coefficient (Wildman–Crippen LogP) is 2.11. The van der Waals surface area contributed by atoms with Gasteiger partial charge in [0.05, 0.1) is 0 Å². The van der Waals surface area contributed by atoms with E-state index in [-0.39, 0.29) is 0 Å². The summed E-state index contributed by atoms with van der Waals surface area (Å²) in [5.41, 5.74) is 0. The molecule has 0 atom stereocenters. The van der Waals surface area contributed by atoms with E-state index < -0.39 is 0 Å². The lowest BCUT2D eigenvalue weighted by atomic mass is 10.3. The molecule has 0 aromatic carbocycles. The van der Waals surface area contributed by atoms with Crippen LogP contribution in [0.25, 0.3) is 0 Å². The van der Waals surface area contributed by atoms with Crippen LogP contribution in [-0.2, 0) is 4.79 Å². The Balaban J connectivity index is 2.40. The highest BCUT2D eigenvalue weighted by molar-refractivity contribution is 8.05. The first kappa shape index (κ1) is 6.62. The molecule has 1 rings (SSSR count). The van der Waals surface area contributed by atoms with E-state index in [0.29, 0.717) is 6.42 Å². The summed E-state index contributed by atoms with van der Waals surface area (Å²) in [7, 11) is 0. The van der Waals surface area contributed by atoms with Gasteiger partial charge in [0.2, 0.25) is 0 Å². The summed E-state index contributed by atoms with van der Waals surface area (Å²) in [6.07, 6.45) is 6.67. The monoisotopic (exact) mass is 140 g/mol. The van der Waals surface area contributed by atoms with Crippen molar-refractivity contribution in [2.45, 2.75) is 12.8 Å². The lowest BCUT2D eigenvalue weighted by molar-refractivity contribution is -0.107. The summed E-state index contributed by atoms with van der Waals surface area (Å²) < 4.78 is 0. The van der Waals surface area contributed by atoms with Crippen LogP contribution in [-0.4, -0.2) is 6.29 Å². The number of carbonyl (C=O) groups excluding carboxylic acids is 1. The molecule has 1 nitrogen and oxygen atoms in total. The van der Waals surface area contributed by atoms with Gasteiger partial charge in [-0.1, -0.05) is 12.2 Å². The van der Waals surface area contributed by atoms with Gasteiger partial charge in [0, 0.05) is 6.42 Å². The second-order valence-corrected chi connectivity index (χ2v) is 2.80. The maximum Gasteiger partial charge on any atom is 0.124 e. The van der Waals surface area contributed by atoms with Crippen molar-refractivity contribution in [1.29, 1.82) is 0 Å². The van der Waals surface area contributed by atoms with Crippen LogP contribution in [0.3, 0.4) is 0 Å². The fourth-order valence-electron chi connectivity index (χ4n) is 0.652.